The first-order valence-electron chi connectivity index (χ1n) is 6.95. The molecule has 0 N–H and O–H groups in total. The van der Waals surface area contributed by atoms with Crippen molar-refractivity contribution in [3.05, 3.63) is 66.1 Å². The highest BCUT2D eigenvalue weighted by molar-refractivity contribution is 5.56. The van der Waals surface area contributed by atoms with Gasteiger partial charge in [-0.2, -0.15) is 4.98 Å². The number of ether oxygens (including phenoxy) is 1. The first-order valence-corrected chi connectivity index (χ1v) is 6.95. The quantitative estimate of drug-likeness (QED) is 0.711. The molecule has 0 atom stereocenters. The van der Waals surface area contributed by atoms with Gasteiger partial charge in [0.05, 0.1) is 0 Å². The number of hydrogen-bond acceptors (Lipinski definition) is 4. The molecule has 0 aliphatic carbocycles. The molecule has 0 spiro atoms. The third-order valence-corrected chi connectivity index (χ3v) is 3.11. The van der Waals surface area contributed by atoms with Crippen LogP contribution in [-0.2, 0) is 13.0 Å². The molecule has 0 saturated heterocycles. The monoisotopic (exact) mass is 280 g/mol. The Kier molecular flexibility index (Phi) is 3.96. The summed E-state index contributed by atoms with van der Waals surface area (Å²) >= 11 is 0. The number of aromatic nitrogens is 2. The second kappa shape index (κ2) is 6.22. The predicted molar refractivity (Wildman–Crippen MR) is 79.9 cm³/mol. The summed E-state index contributed by atoms with van der Waals surface area (Å²) in [5.41, 5.74) is 2.03. The van der Waals surface area contributed by atoms with Gasteiger partial charge in [0, 0.05) is 12.0 Å². The Morgan fingerprint density at radius 1 is 1.05 bits per heavy atom. The van der Waals surface area contributed by atoms with Crippen molar-refractivity contribution in [2.24, 2.45) is 0 Å². The highest BCUT2D eigenvalue weighted by atomic mass is 16.5. The second-order valence-electron chi connectivity index (χ2n) is 4.67. The number of aryl methyl sites for hydroxylation is 1. The molecule has 3 aromatic rings. The van der Waals surface area contributed by atoms with Crippen molar-refractivity contribution in [3.63, 3.8) is 0 Å². The summed E-state index contributed by atoms with van der Waals surface area (Å²) in [5, 5.41) is 3.98. The van der Waals surface area contributed by atoms with Crippen molar-refractivity contribution >= 4 is 0 Å². The zero-order chi connectivity index (χ0) is 14.5. The lowest BCUT2D eigenvalue weighted by atomic mass is 10.2. The van der Waals surface area contributed by atoms with E-state index in [0.29, 0.717) is 18.3 Å². The molecule has 1 heterocycles. The molecule has 4 heteroatoms. The van der Waals surface area contributed by atoms with Crippen molar-refractivity contribution in [2.45, 2.75) is 20.0 Å². The zero-order valence-corrected chi connectivity index (χ0v) is 11.8. The first kappa shape index (κ1) is 13.4. The van der Waals surface area contributed by atoms with Crippen LogP contribution in [0, 0.1) is 0 Å². The van der Waals surface area contributed by atoms with Crippen LogP contribution in [0.2, 0.25) is 0 Å². The van der Waals surface area contributed by atoms with E-state index in [1.165, 1.54) is 0 Å². The largest absolute Gasteiger partial charge is 0.489 e. The fourth-order valence-electron chi connectivity index (χ4n) is 1.98. The minimum atomic E-state index is 0.538. The van der Waals surface area contributed by atoms with Crippen molar-refractivity contribution in [1.82, 2.24) is 10.1 Å². The van der Waals surface area contributed by atoms with Gasteiger partial charge in [0.1, 0.15) is 12.4 Å². The van der Waals surface area contributed by atoms with E-state index in [9.17, 15) is 0 Å². The highest BCUT2D eigenvalue weighted by Crippen LogP contribution is 2.22. The van der Waals surface area contributed by atoms with Crippen LogP contribution < -0.4 is 4.74 Å². The molecule has 1 aromatic heterocycles. The Bertz CT molecular complexity index is 708. The molecule has 0 saturated carbocycles. The van der Waals surface area contributed by atoms with Crippen molar-refractivity contribution in [3.8, 4) is 17.1 Å². The molecule has 21 heavy (non-hydrogen) atoms. The third kappa shape index (κ3) is 3.28. The standard InChI is InChI=1S/C17H16N2O2/c1-2-16-18-17(19-21-16)14-9-6-10-15(11-14)20-12-13-7-4-3-5-8-13/h3-11H,2,12H2,1H3. The van der Waals surface area contributed by atoms with Gasteiger partial charge >= 0.3 is 0 Å². The van der Waals surface area contributed by atoms with Gasteiger partial charge in [-0.1, -0.05) is 54.5 Å². The number of rotatable bonds is 5. The summed E-state index contributed by atoms with van der Waals surface area (Å²) in [4.78, 5) is 4.33. The van der Waals surface area contributed by atoms with Gasteiger partial charge in [-0.15, -0.1) is 0 Å². The zero-order valence-electron chi connectivity index (χ0n) is 11.8. The highest BCUT2D eigenvalue weighted by Gasteiger charge is 2.08. The molecule has 106 valence electrons. The van der Waals surface area contributed by atoms with E-state index in [1.807, 2.05) is 61.5 Å². The van der Waals surface area contributed by atoms with Crippen LogP contribution in [0.3, 0.4) is 0 Å². The van der Waals surface area contributed by atoms with E-state index < -0.39 is 0 Å². The molecule has 0 aliphatic rings. The summed E-state index contributed by atoms with van der Waals surface area (Å²) in [7, 11) is 0. The Morgan fingerprint density at radius 2 is 1.90 bits per heavy atom. The predicted octanol–water partition coefficient (Wildman–Crippen LogP) is 3.88. The molecule has 2 aromatic carbocycles. The minimum absolute atomic E-state index is 0.538. The SMILES string of the molecule is CCc1nc(-c2cccc(OCc3ccccc3)c2)no1. The van der Waals surface area contributed by atoms with Crippen molar-refractivity contribution in [2.75, 3.05) is 0 Å². The topological polar surface area (TPSA) is 48.2 Å². The number of nitrogens with zero attached hydrogens (tertiary/aromatic N) is 2. The van der Waals surface area contributed by atoms with Gasteiger partial charge < -0.3 is 9.26 Å². The molecule has 0 fully saturated rings. The Labute approximate surface area is 123 Å². The van der Waals surface area contributed by atoms with Crippen LogP contribution >= 0.6 is 0 Å². The maximum atomic E-state index is 5.80. The number of hydrogen-bond donors (Lipinski definition) is 0. The fourth-order valence-corrected chi connectivity index (χ4v) is 1.98. The van der Waals surface area contributed by atoms with E-state index in [-0.39, 0.29) is 0 Å². The summed E-state index contributed by atoms with van der Waals surface area (Å²) < 4.78 is 10.9. The lowest BCUT2D eigenvalue weighted by Crippen LogP contribution is -1.95. The van der Waals surface area contributed by atoms with Gasteiger partial charge in [0.2, 0.25) is 11.7 Å². The smallest absolute Gasteiger partial charge is 0.226 e. The number of benzene rings is 2. The van der Waals surface area contributed by atoms with Gasteiger partial charge in [-0.3, -0.25) is 0 Å². The van der Waals surface area contributed by atoms with E-state index in [2.05, 4.69) is 10.1 Å². The van der Waals surface area contributed by atoms with E-state index in [0.717, 1.165) is 23.3 Å². The molecule has 4 nitrogen and oxygen atoms in total. The molecule has 0 aliphatic heterocycles. The lowest BCUT2D eigenvalue weighted by molar-refractivity contribution is 0.306. The van der Waals surface area contributed by atoms with Gasteiger partial charge in [-0.05, 0) is 17.7 Å². The fraction of sp³-hybridized carbons (Fsp3) is 0.176. The molecule has 0 unspecified atom stereocenters. The van der Waals surface area contributed by atoms with Crippen LogP contribution in [0.15, 0.2) is 59.1 Å². The summed E-state index contributed by atoms with van der Waals surface area (Å²) in [5.74, 6) is 2.02. The molecule has 0 radical (unpaired) electrons. The van der Waals surface area contributed by atoms with E-state index in [4.69, 9.17) is 9.26 Å². The normalized spacial score (nSPS) is 10.5. The summed E-state index contributed by atoms with van der Waals surface area (Å²) in [6.07, 6.45) is 0.733. The van der Waals surface area contributed by atoms with Crippen LogP contribution in [0.5, 0.6) is 5.75 Å². The molecule has 3 rings (SSSR count). The van der Waals surface area contributed by atoms with Crippen LogP contribution in [0.25, 0.3) is 11.4 Å². The van der Waals surface area contributed by atoms with Gasteiger partial charge in [-0.25, -0.2) is 0 Å². The maximum Gasteiger partial charge on any atom is 0.226 e. The average Bonchev–Trinajstić information content (AvgIpc) is 3.03. The van der Waals surface area contributed by atoms with Crippen LogP contribution in [0.4, 0.5) is 0 Å². The third-order valence-electron chi connectivity index (χ3n) is 3.11. The Morgan fingerprint density at radius 3 is 2.67 bits per heavy atom. The maximum absolute atomic E-state index is 5.80. The van der Waals surface area contributed by atoms with Crippen molar-refractivity contribution in [1.29, 1.82) is 0 Å². The Hall–Kier alpha value is -2.62. The summed E-state index contributed by atoms with van der Waals surface area (Å²) in [6, 6.07) is 17.8. The lowest BCUT2D eigenvalue weighted by Gasteiger charge is -2.06. The van der Waals surface area contributed by atoms with Crippen LogP contribution in [-0.4, -0.2) is 10.1 Å². The summed E-state index contributed by atoms with van der Waals surface area (Å²) in [6.45, 7) is 2.52. The van der Waals surface area contributed by atoms with E-state index in [1.54, 1.807) is 0 Å². The van der Waals surface area contributed by atoms with Gasteiger partial charge in [0.15, 0.2) is 0 Å². The molecular formula is C17H16N2O2. The molecular weight excluding hydrogens is 264 g/mol. The Balaban J connectivity index is 1.74. The second-order valence-corrected chi connectivity index (χ2v) is 4.67. The van der Waals surface area contributed by atoms with Gasteiger partial charge in [0.25, 0.3) is 0 Å². The minimum Gasteiger partial charge on any atom is -0.489 e. The van der Waals surface area contributed by atoms with E-state index >= 15 is 0 Å². The molecule has 0 bridgehead atoms. The van der Waals surface area contributed by atoms with Crippen LogP contribution in [0.1, 0.15) is 18.4 Å². The van der Waals surface area contributed by atoms with Crippen molar-refractivity contribution < 1.29 is 9.26 Å². The first-order chi connectivity index (χ1) is 10.3. The average molecular weight is 280 g/mol. The molecule has 0 amide bonds.